The zero-order valence-corrected chi connectivity index (χ0v) is 10.5. The van der Waals surface area contributed by atoms with Crippen LogP contribution < -0.4 is 5.32 Å². The average molecular weight is 266 g/mol. The Bertz CT molecular complexity index is 584. The van der Waals surface area contributed by atoms with Crippen LogP contribution in [0, 0.1) is 10.1 Å². The third-order valence-corrected chi connectivity index (χ3v) is 2.99. The van der Waals surface area contributed by atoms with Crippen molar-refractivity contribution in [2.45, 2.75) is 9.92 Å². The van der Waals surface area contributed by atoms with Gasteiger partial charge in [-0.15, -0.1) is 0 Å². The van der Waals surface area contributed by atoms with E-state index in [1.54, 1.807) is 31.2 Å². The summed E-state index contributed by atoms with van der Waals surface area (Å²) in [4.78, 5) is 19.1. The van der Waals surface area contributed by atoms with Gasteiger partial charge < -0.3 is 5.32 Å². The van der Waals surface area contributed by atoms with Gasteiger partial charge in [0.05, 0.1) is 16.0 Å². The molecule has 2 aromatic rings. The van der Waals surface area contributed by atoms with Crippen molar-refractivity contribution in [1.29, 1.82) is 0 Å². The molecule has 0 saturated carbocycles. The molecule has 0 aromatic carbocycles. The fraction of sp³-hybridized carbons (Fsp3) is 0.222. The second-order valence-electron chi connectivity index (χ2n) is 3.34. The van der Waals surface area contributed by atoms with Gasteiger partial charge in [0, 0.05) is 20.3 Å². The van der Waals surface area contributed by atoms with Gasteiger partial charge in [-0.1, -0.05) is 11.8 Å². The lowest BCUT2D eigenvalue weighted by Crippen LogP contribution is -2.00. The van der Waals surface area contributed by atoms with Crippen molar-refractivity contribution in [1.82, 2.24) is 19.7 Å². The number of aryl methyl sites for hydroxylation is 1. The minimum Gasteiger partial charge on any atom is -0.357 e. The first-order valence-corrected chi connectivity index (χ1v) is 5.77. The number of nitrogens with one attached hydrogen (secondary N) is 1. The molecule has 0 atom stereocenters. The van der Waals surface area contributed by atoms with Crippen LogP contribution in [0.2, 0.25) is 0 Å². The number of anilines is 1. The topological polar surface area (TPSA) is 98.8 Å². The molecule has 2 heterocycles. The highest BCUT2D eigenvalue weighted by molar-refractivity contribution is 7.99. The highest BCUT2D eigenvalue weighted by Gasteiger charge is 2.18. The van der Waals surface area contributed by atoms with Gasteiger partial charge in [-0.2, -0.15) is 10.1 Å². The molecule has 1 N–H and O–H groups in total. The molecule has 0 amide bonds. The summed E-state index contributed by atoms with van der Waals surface area (Å²) in [6.07, 6.45) is 4.57. The van der Waals surface area contributed by atoms with Crippen molar-refractivity contribution in [3.05, 3.63) is 28.7 Å². The van der Waals surface area contributed by atoms with Gasteiger partial charge in [-0.05, 0) is 0 Å². The van der Waals surface area contributed by atoms with E-state index < -0.39 is 4.92 Å². The monoisotopic (exact) mass is 266 g/mol. The number of hydrogen-bond acceptors (Lipinski definition) is 7. The van der Waals surface area contributed by atoms with Gasteiger partial charge in [-0.25, -0.2) is 4.98 Å². The average Bonchev–Trinajstić information content (AvgIpc) is 2.74. The van der Waals surface area contributed by atoms with Gasteiger partial charge >= 0.3 is 5.69 Å². The molecule has 0 radical (unpaired) electrons. The Morgan fingerprint density at radius 3 is 2.83 bits per heavy atom. The Labute approximate surface area is 107 Å². The predicted molar refractivity (Wildman–Crippen MR) is 65.6 cm³/mol. The molecule has 2 aromatic heterocycles. The number of aromatic nitrogens is 4. The summed E-state index contributed by atoms with van der Waals surface area (Å²) in [6.45, 7) is 0. The van der Waals surface area contributed by atoms with Crippen LogP contribution >= 0.6 is 11.8 Å². The molecule has 0 unspecified atom stereocenters. The molecular weight excluding hydrogens is 256 g/mol. The first-order chi connectivity index (χ1) is 8.60. The van der Waals surface area contributed by atoms with E-state index in [0.717, 1.165) is 4.90 Å². The minimum absolute atomic E-state index is 0.122. The summed E-state index contributed by atoms with van der Waals surface area (Å²) in [5, 5.41) is 17.9. The van der Waals surface area contributed by atoms with E-state index in [4.69, 9.17) is 0 Å². The zero-order valence-electron chi connectivity index (χ0n) is 9.69. The van der Waals surface area contributed by atoms with Crippen molar-refractivity contribution in [3.8, 4) is 0 Å². The van der Waals surface area contributed by atoms with Gasteiger partial charge in [0.2, 0.25) is 5.95 Å². The number of rotatable bonds is 4. The summed E-state index contributed by atoms with van der Waals surface area (Å²) in [5.41, 5.74) is -0.122. The summed E-state index contributed by atoms with van der Waals surface area (Å²) >= 11 is 1.18. The van der Waals surface area contributed by atoms with Crippen molar-refractivity contribution in [3.63, 3.8) is 0 Å². The zero-order chi connectivity index (χ0) is 13.1. The minimum atomic E-state index is -0.502. The van der Waals surface area contributed by atoms with Crippen LogP contribution in [0.25, 0.3) is 0 Å². The van der Waals surface area contributed by atoms with Crippen molar-refractivity contribution >= 4 is 23.4 Å². The van der Waals surface area contributed by atoms with E-state index in [0.29, 0.717) is 5.95 Å². The molecule has 94 valence electrons. The lowest BCUT2D eigenvalue weighted by Gasteiger charge is -2.02. The van der Waals surface area contributed by atoms with Gasteiger partial charge in [0.1, 0.15) is 6.20 Å². The fourth-order valence-electron chi connectivity index (χ4n) is 1.24. The third-order valence-electron chi connectivity index (χ3n) is 2.05. The number of hydrogen-bond donors (Lipinski definition) is 1. The molecule has 0 saturated heterocycles. The highest BCUT2D eigenvalue weighted by Crippen LogP contribution is 2.32. The highest BCUT2D eigenvalue weighted by atomic mass is 32.2. The number of nitro groups is 1. The van der Waals surface area contributed by atoms with Crippen LogP contribution in [0.4, 0.5) is 11.6 Å². The lowest BCUT2D eigenvalue weighted by molar-refractivity contribution is -0.388. The SMILES string of the molecule is CNc1ncc([N+](=O)[O-])c(Sc2cnn(C)c2)n1. The van der Waals surface area contributed by atoms with Crippen LogP contribution in [0.3, 0.4) is 0 Å². The maximum Gasteiger partial charge on any atom is 0.320 e. The quantitative estimate of drug-likeness (QED) is 0.506. The molecule has 18 heavy (non-hydrogen) atoms. The van der Waals surface area contributed by atoms with E-state index in [1.807, 2.05) is 0 Å². The maximum absolute atomic E-state index is 10.9. The number of nitrogens with zero attached hydrogens (tertiary/aromatic N) is 5. The Balaban J connectivity index is 2.37. The van der Waals surface area contributed by atoms with Gasteiger partial charge in [0.15, 0.2) is 5.03 Å². The summed E-state index contributed by atoms with van der Waals surface area (Å²) in [7, 11) is 3.43. The standard InChI is InChI=1S/C9H10N6O2S/c1-10-9-11-4-7(15(16)17)8(13-9)18-6-3-12-14(2)5-6/h3-5H,1-2H3,(H,10,11,13). The first-order valence-electron chi connectivity index (χ1n) is 4.96. The Morgan fingerprint density at radius 1 is 1.50 bits per heavy atom. The first kappa shape index (κ1) is 12.3. The second-order valence-corrected chi connectivity index (χ2v) is 4.41. The van der Waals surface area contributed by atoms with Crippen molar-refractivity contribution in [2.75, 3.05) is 12.4 Å². The van der Waals surface area contributed by atoms with E-state index in [9.17, 15) is 10.1 Å². The van der Waals surface area contributed by atoms with Crippen LogP contribution in [0.15, 0.2) is 28.5 Å². The summed E-state index contributed by atoms with van der Waals surface area (Å²) in [6, 6.07) is 0. The molecule has 0 bridgehead atoms. The van der Waals surface area contributed by atoms with E-state index >= 15 is 0 Å². The Morgan fingerprint density at radius 2 is 2.28 bits per heavy atom. The molecule has 0 aliphatic heterocycles. The molecule has 0 aliphatic carbocycles. The maximum atomic E-state index is 10.9. The van der Waals surface area contributed by atoms with Crippen LogP contribution in [0.1, 0.15) is 0 Å². The molecular formula is C9H10N6O2S. The Kier molecular flexibility index (Phi) is 3.42. The Hall–Kier alpha value is -2.16. The predicted octanol–water partition coefficient (Wildman–Crippen LogP) is 1.31. The molecule has 9 heteroatoms. The molecule has 2 rings (SSSR count). The smallest absolute Gasteiger partial charge is 0.320 e. The van der Waals surface area contributed by atoms with Crippen molar-refractivity contribution in [2.24, 2.45) is 7.05 Å². The van der Waals surface area contributed by atoms with Gasteiger partial charge in [-0.3, -0.25) is 14.8 Å². The fourth-order valence-corrected chi connectivity index (χ4v) is 2.14. The summed E-state index contributed by atoms with van der Waals surface area (Å²) < 4.78 is 1.62. The van der Waals surface area contributed by atoms with Gasteiger partial charge in [0.25, 0.3) is 0 Å². The van der Waals surface area contributed by atoms with Crippen molar-refractivity contribution < 1.29 is 4.92 Å². The second kappa shape index (κ2) is 5.00. The molecule has 0 spiro atoms. The van der Waals surface area contributed by atoms with Crippen LogP contribution in [0.5, 0.6) is 0 Å². The third kappa shape index (κ3) is 2.56. The van der Waals surface area contributed by atoms with E-state index in [1.165, 1.54) is 18.0 Å². The van der Waals surface area contributed by atoms with E-state index in [-0.39, 0.29) is 10.7 Å². The lowest BCUT2D eigenvalue weighted by atomic mass is 10.5. The summed E-state index contributed by atoms with van der Waals surface area (Å²) in [5.74, 6) is 0.340. The molecule has 0 aliphatic rings. The van der Waals surface area contributed by atoms with E-state index in [2.05, 4.69) is 20.4 Å². The van der Waals surface area contributed by atoms with Crippen LogP contribution in [-0.2, 0) is 7.05 Å². The molecule has 0 fully saturated rings. The largest absolute Gasteiger partial charge is 0.357 e. The van der Waals surface area contributed by atoms with Crippen LogP contribution in [-0.4, -0.2) is 31.7 Å². The molecule has 8 nitrogen and oxygen atoms in total. The normalized spacial score (nSPS) is 10.3.